The van der Waals surface area contributed by atoms with Crippen LogP contribution in [0.3, 0.4) is 0 Å². The molecule has 0 saturated carbocycles. The summed E-state index contributed by atoms with van der Waals surface area (Å²) in [6.45, 7) is 2.34. The van der Waals surface area contributed by atoms with E-state index in [1.165, 1.54) is 5.56 Å². The number of aliphatic carboxylic acids is 1. The number of ether oxygens (including phenoxy) is 2. The van der Waals surface area contributed by atoms with Gasteiger partial charge >= 0.3 is 12.1 Å². The first-order valence-electron chi connectivity index (χ1n) is 10.9. The average molecular weight is 449 g/mol. The van der Waals surface area contributed by atoms with Crippen molar-refractivity contribution in [1.82, 2.24) is 9.88 Å². The van der Waals surface area contributed by atoms with Gasteiger partial charge in [0.1, 0.15) is 18.9 Å². The van der Waals surface area contributed by atoms with Crippen LogP contribution in [0.5, 0.6) is 5.75 Å². The Hall–Kier alpha value is -3.87. The van der Waals surface area contributed by atoms with Crippen molar-refractivity contribution in [3.8, 4) is 5.75 Å². The van der Waals surface area contributed by atoms with Crippen molar-refractivity contribution in [2.24, 2.45) is 0 Å². The van der Waals surface area contributed by atoms with Crippen LogP contribution in [0.4, 0.5) is 4.79 Å². The highest BCUT2D eigenvalue weighted by molar-refractivity contribution is 5.76. The Morgan fingerprint density at radius 2 is 1.67 bits per heavy atom. The number of rotatable bonds is 11. The van der Waals surface area contributed by atoms with Crippen molar-refractivity contribution in [3.05, 3.63) is 95.3 Å². The van der Waals surface area contributed by atoms with Crippen molar-refractivity contribution in [1.29, 1.82) is 0 Å². The maximum absolute atomic E-state index is 12.4. The zero-order valence-electron chi connectivity index (χ0n) is 18.6. The van der Waals surface area contributed by atoms with Gasteiger partial charge in [-0.05, 0) is 41.3 Å². The number of pyridine rings is 1. The number of carboxylic acids is 1. The lowest BCUT2D eigenvalue weighted by Crippen LogP contribution is -2.35. The molecule has 1 aromatic heterocycles. The predicted octanol–water partition coefficient (Wildman–Crippen LogP) is 4.49. The number of aryl methyl sites for hydroxylation is 1. The fraction of sp³-hybridized carbons (Fsp3) is 0.269. The molecule has 0 radical (unpaired) electrons. The molecule has 3 aromatic rings. The number of carboxylic acid groups (broad SMARTS) is 1. The normalized spacial score (nSPS) is 10.5. The van der Waals surface area contributed by atoms with Crippen LogP contribution >= 0.6 is 0 Å². The largest absolute Gasteiger partial charge is 0.493 e. The summed E-state index contributed by atoms with van der Waals surface area (Å²) in [6.07, 6.45) is 2.87. The van der Waals surface area contributed by atoms with Gasteiger partial charge in [0, 0.05) is 24.9 Å². The lowest BCUT2D eigenvalue weighted by molar-refractivity contribution is -0.138. The van der Waals surface area contributed by atoms with E-state index in [0.717, 1.165) is 28.1 Å². The smallest absolute Gasteiger partial charge is 0.410 e. The number of carbonyl (C=O) groups is 2. The molecule has 1 amide bonds. The number of amides is 1. The van der Waals surface area contributed by atoms with E-state index in [0.29, 0.717) is 18.8 Å². The molecule has 0 aliphatic carbocycles. The summed E-state index contributed by atoms with van der Waals surface area (Å²) in [7, 11) is 0. The minimum atomic E-state index is -1.10. The minimum Gasteiger partial charge on any atom is -0.493 e. The molecule has 0 bridgehead atoms. The van der Waals surface area contributed by atoms with Crippen LogP contribution in [-0.4, -0.2) is 40.2 Å². The van der Waals surface area contributed by atoms with E-state index in [4.69, 9.17) is 9.47 Å². The van der Waals surface area contributed by atoms with Crippen molar-refractivity contribution < 1.29 is 24.2 Å². The molecule has 0 spiro atoms. The lowest BCUT2D eigenvalue weighted by atomic mass is 10.2. The first-order chi connectivity index (χ1) is 16.0. The van der Waals surface area contributed by atoms with Crippen LogP contribution in [0.25, 0.3) is 0 Å². The Morgan fingerprint density at radius 3 is 2.30 bits per heavy atom. The van der Waals surface area contributed by atoms with E-state index in [-0.39, 0.29) is 13.2 Å². The number of nitrogens with zero attached hydrogens (tertiary/aromatic N) is 2. The zero-order chi connectivity index (χ0) is 23.5. The van der Waals surface area contributed by atoms with Gasteiger partial charge in [0.25, 0.3) is 0 Å². The molecule has 172 valence electrons. The first kappa shape index (κ1) is 23.8. The highest BCUT2D eigenvalue weighted by Crippen LogP contribution is 2.15. The molecule has 1 N–H and O–H groups in total. The van der Waals surface area contributed by atoms with E-state index in [9.17, 15) is 14.7 Å². The molecular weight excluding hydrogens is 420 g/mol. The van der Waals surface area contributed by atoms with Gasteiger partial charge < -0.3 is 14.6 Å². The van der Waals surface area contributed by atoms with Gasteiger partial charge in [-0.15, -0.1) is 0 Å². The van der Waals surface area contributed by atoms with Gasteiger partial charge in [0.05, 0.1) is 6.61 Å². The quantitative estimate of drug-likeness (QED) is 0.465. The summed E-state index contributed by atoms with van der Waals surface area (Å²) in [5.41, 5.74) is 3.79. The highest BCUT2D eigenvalue weighted by atomic mass is 16.6. The topological polar surface area (TPSA) is 89.0 Å². The van der Waals surface area contributed by atoms with E-state index in [2.05, 4.69) is 18.0 Å². The summed E-state index contributed by atoms with van der Waals surface area (Å²) in [5, 5.41) is 9.19. The summed E-state index contributed by atoms with van der Waals surface area (Å²) < 4.78 is 11.1. The van der Waals surface area contributed by atoms with Gasteiger partial charge in [-0.25, -0.2) is 4.79 Å². The van der Waals surface area contributed by atoms with Crippen molar-refractivity contribution in [2.75, 3.05) is 13.2 Å². The summed E-state index contributed by atoms with van der Waals surface area (Å²) >= 11 is 0. The molecule has 0 fully saturated rings. The number of hydrogen-bond donors (Lipinski definition) is 1. The number of benzene rings is 2. The van der Waals surface area contributed by atoms with E-state index >= 15 is 0 Å². The van der Waals surface area contributed by atoms with Crippen molar-refractivity contribution in [3.63, 3.8) is 0 Å². The van der Waals surface area contributed by atoms with E-state index < -0.39 is 18.6 Å². The number of hydrogen-bond acceptors (Lipinski definition) is 5. The third kappa shape index (κ3) is 7.96. The first-order valence-corrected chi connectivity index (χ1v) is 10.9. The second-order valence-corrected chi connectivity index (χ2v) is 7.54. The van der Waals surface area contributed by atoms with Crippen LogP contribution < -0.4 is 4.74 Å². The summed E-state index contributed by atoms with van der Waals surface area (Å²) in [5.74, 6) is -0.410. The molecule has 7 heteroatoms. The lowest BCUT2D eigenvalue weighted by Gasteiger charge is -2.20. The fourth-order valence-electron chi connectivity index (χ4n) is 3.16. The Bertz CT molecular complexity index is 1020. The van der Waals surface area contributed by atoms with Crippen LogP contribution in [-0.2, 0) is 35.5 Å². The molecular formula is C26H28N2O5. The maximum Gasteiger partial charge on any atom is 0.410 e. The van der Waals surface area contributed by atoms with Crippen LogP contribution in [0.15, 0.2) is 72.9 Å². The van der Waals surface area contributed by atoms with Crippen LogP contribution in [0.1, 0.15) is 29.3 Å². The van der Waals surface area contributed by atoms with Gasteiger partial charge in [-0.3, -0.25) is 14.7 Å². The third-order valence-electron chi connectivity index (χ3n) is 5.01. The van der Waals surface area contributed by atoms with Gasteiger partial charge in [0.15, 0.2) is 0 Å². The van der Waals surface area contributed by atoms with E-state index in [1.807, 2.05) is 54.7 Å². The Labute approximate surface area is 193 Å². The number of aromatic nitrogens is 1. The minimum absolute atomic E-state index is 0.0819. The molecule has 2 aromatic carbocycles. The van der Waals surface area contributed by atoms with Gasteiger partial charge in [0.2, 0.25) is 0 Å². The standard InChI is InChI=1S/C26H28N2O5/c1-2-20-8-11-23(27-16-20)14-15-32-24-12-9-21(10-13-24)17-28(18-25(29)30)26(31)33-19-22-6-4-3-5-7-22/h3-13,16H,2,14-15,17-19H2,1H3,(H,29,30). The SMILES string of the molecule is CCc1ccc(CCOc2ccc(CN(CC(=O)O)C(=O)OCc3ccccc3)cc2)nc1. The highest BCUT2D eigenvalue weighted by Gasteiger charge is 2.19. The van der Waals surface area contributed by atoms with Crippen LogP contribution in [0, 0.1) is 0 Å². The Balaban J connectivity index is 1.51. The maximum atomic E-state index is 12.4. The van der Waals surface area contributed by atoms with Crippen LogP contribution in [0.2, 0.25) is 0 Å². The molecule has 3 rings (SSSR count). The van der Waals surface area contributed by atoms with Crippen molar-refractivity contribution >= 4 is 12.1 Å². The molecule has 0 atom stereocenters. The van der Waals surface area contributed by atoms with Crippen molar-refractivity contribution in [2.45, 2.75) is 32.9 Å². The second kappa shape index (κ2) is 12.2. The Morgan fingerprint density at radius 1 is 0.939 bits per heavy atom. The molecule has 0 aliphatic rings. The monoisotopic (exact) mass is 448 g/mol. The zero-order valence-corrected chi connectivity index (χ0v) is 18.6. The second-order valence-electron chi connectivity index (χ2n) is 7.54. The molecule has 0 saturated heterocycles. The molecule has 7 nitrogen and oxygen atoms in total. The molecule has 0 aliphatic heterocycles. The Kier molecular flexibility index (Phi) is 8.82. The number of carbonyl (C=O) groups excluding carboxylic acids is 1. The average Bonchev–Trinajstić information content (AvgIpc) is 2.84. The van der Waals surface area contributed by atoms with E-state index in [1.54, 1.807) is 12.1 Å². The molecule has 33 heavy (non-hydrogen) atoms. The summed E-state index contributed by atoms with van der Waals surface area (Å²) in [4.78, 5) is 29.3. The summed E-state index contributed by atoms with van der Waals surface area (Å²) in [6, 6.07) is 20.6. The molecule has 0 unspecified atom stereocenters. The van der Waals surface area contributed by atoms with Gasteiger partial charge in [-0.1, -0.05) is 55.5 Å². The van der Waals surface area contributed by atoms with Gasteiger partial charge in [-0.2, -0.15) is 0 Å². The third-order valence-corrected chi connectivity index (χ3v) is 5.01. The fourth-order valence-corrected chi connectivity index (χ4v) is 3.16. The molecule has 1 heterocycles. The predicted molar refractivity (Wildman–Crippen MR) is 124 cm³/mol.